The lowest BCUT2D eigenvalue weighted by Gasteiger charge is -2.13. The fourth-order valence-electron chi connectivity index (χ4n) is 1.58. The molecule has 0 aliphatic carbocycles. The fraction of sp³-hybridized carbons (Fsp3) is 0.417. The summed E-state index contributed by atoms with van der Waals surface area (Å²) >= 11 is 0. The van der Waals surface area contributed by atoms with Crippen LogP contribution in [0.4, 0.5) is 0 Å². The van der Waals surface area contributed by atoms with E-state index in [1.807, 2.05) is 32.0 Å². The van der Waals surface area contributed by atoms with E-state index in [0.717, 1.165) is 11.1 Å². The topological polar surface area (TPSA) is 63.3 Å². The van der Waals surface area contributed by atoms with Crippen LogP contribution in [0, 0.1) is 13.8 Å². The first-order chi connectivity index (χ1) is 7.06. The zero-order chi connectivity index (χ0) is 11.4. The Bertz CT molecular complexity index is 361. The van der Waals surface area contributed by atoms with Crippen molar-refractivity contribution in [2.75, 3.05) is 6.54 Å². The number of aryl methyl sites for hydroxylation is 2. The molecule has 0 unspecified atom stereocenters. The molecule has 0 aromatic heterocycles. The molecule has 1 aromatic carbocycles. The second-order valence-electron chi connectivity index (χ2n) is 3.81. The first-order valence-corrected chi connectivity index (χ1v) is 5.06. The normalized spacial score (nSPS) is 12.5. The maximum Gasteiger partial charge on any atom is 0.311 e. The van der Waals surface area contributed by atoms with Gasteiger partial charge in [0.15, 0.2) is 0 Å². The number of carbonyl (C=O) groups is 1. The summed E-state index contributed by atoms with van der Waals surface area (Å²) in [4.78, 5) is 11.0. The largest absolute Gasteiger partial charge is 0.481 e. The van der Waals surface area contributed by atoms with E-state index in [1.165, 1.54) is 5.56 Å². The molecule has 0 aliphatic heterocycles. The van der Waals surface area contributed by atoms with Gasteiger partial charge in [0.05, 0.1) is 5.92 Å². The van der Waals surface area contributed by atoms with Crippen molar-refractivity contribution < 1.29 is 9.90 Å². The van der Waals surface area contributed by atoms with Gasteiger partial charge in [-0.3, -0.25) is 4.79 Å². The summed E-state index contributed by atoms with van der Waals surface area (Å²) < 4.78 is 0. The van der Waals surface area contributed by atoms with Crippen LogP contribution in [0.25, 0.3) is 0 Å². The molecule has 0 saturated carbocycles. The zero-order valence-electron chi connectivity index (χ0n) is 9.16. The minimum atomic E-state index is -0.802. The van der Waals surface area contributed by atoms with Gasteiger partial charge in [0.2, 0.25) is 0 Å². The van der Waals surface area contributed by atoms with Crippen LogP contribution in [0.5, 0.6) is 0 Å². The fourth-order valence-corrected chi connectivity index (χ4v) is 1.58. The highest BCUT2D eigenvalue weighted by Gasteiger charge is 2.18. The van der Waals surface area contributed by atoms with Crippen molar-refractivity contribution in [1.29, 1.82) is 0 Å². The summed E-state index contributed by atoms with van der Waals surface area (Å²) in [5.41, 5.74) is 8.55. The lowest BCUT2D eigenvalue weighted by atomic mass is 9.93. The van der Waals surface area contributed by atoms with E-state index in [4.69, 9.17) is 10.8 Å². The minimum Gasteiger partial charge on any atom is -0.481 e. The molecule has 1 atom stereocenters. The van der Waals surface area contributed by atoms with Crippen LogP contribution in [0.3, 0.4) is 0 Å². The van der Waals surface area contributed by atoms with Crippen LogP contribution in [-0.2, 0) is 4.79 Å². The van der Waals surface area contributed by atoms with Crippen molar-refractivity contribution in [3.05, 3.63) is 34.9 Å². The molecule has 15 heavy (non-hydrogen) atoms. The van der Waals surface area contributed by atoms with Gasteiger partial charge in [-0.25, -0.2) is 0 Å². The quantitative estimate of drug-likeness (QED) is 0.791. The number of carboxylic acid groups (broad SMARTS) is 1. The van der Waals surface area contributed by atoms with E-state index in [-0.39, 0.29) is 0 Å². The lowest BCUT2D eigenvalue weighted by Crippen LogP contribution is -2.16. The molecule has 0 amide bonds. The van der Waals surface area contributed by atoms with Crippen LogP contribution >= 0.6 is 0 Å². The van der Waals surface area contributed by atoms with Crippen LogP contribution in [0.2, 0.25) is 0 Å². The summed E-state index contributed by atoms with van der Waals surface area (Å²) in [7, 11) is 0. The van der Waals surface area contributed by atoms with Gasteiger partial charge in [0.25, 0.3) is 0 Å². The maximum absolute atomic E-state index is 11.0. The highest BCUT2D eigenvalue weighted by molar-refractivity contribution is 5.76. The molecule has 3 nitrogen and oxygen atoms in total. The highest BCUT2D eigenvalue weighted by atomic mass is 16.4. The predicted molar refractivity (Wildman–Crippen MR) is 60.0 cm³/mol. The Morgan fingerprint density at radius 3 is 2.53 bits per heavy atom. The number of rotatable bonds is 4. The molecule has 0 saturated heterocycles. The smallest absolute Gasteiger partial charge is 0.311 e. The Morgan fingerprint density at radius 2 is 2.07 bits per heavy atom. The second-order valence-corrected chi connectivity index (χ2v) is 3.81. The third kappa shape index (κ3) is 2.80. The molecule has 0 radical (unpaired) electrons. The number of benzene rings is 1. The van der Waals surface area contributed by atoms with E-state index in [9.17, 15) is 4.79 Å². The van der Waals surface area contributed by atoms with Crippen molar-refractivity contribution >= 4 is 5.97 Å². The number of aliphatic carboxylic acids is 1. The summed E-state index contributed by atoms with van der Waals surface area (Å²) in [5.74, 6) is -1.28. The Balaban J connectivity index is 3.01. The van der Waals surface area contributed by atoms with Gasteiger partial charge in [-0.2, -0.15) is 0 Å². The molecule has 82 valence electrons. The average molecular weight is 207 g/mol. The number of carboxylic acids is 1. The van der Waals surface area contributed by atoms with E-state index >= 15 is 0 Å². The average Bonchev–Trinajstić information content (AvgIpc) is 2.18. The van der Waals surface area contributed by atoms with Gasteiger partial charge in [-0.1, -0.05) is 18.2 Å². The number of hydrogen-bond donors (Lipinski definition) is 2. The molecule has 1 rings (SSSR count). The molecule has 0 heterocycles. The van der Waals surface area contributed by atoms with Crippen LogP contribution in [-0.4, -0.2) is 17.6 Å². The van der Waals surface area contributed by atoms with Crippen molar-refractivity contribution in [3.63, 3.8) is 0 Å². The van der Waals surface area contributed by atoms with Crippen molar-refractivity contribution in [3.8, 4) is 0 Å². The van der Waals surface area contributed by atoms with Crippen molar-refractivity contribution in [2.24, 2.45) is 5.73 Å². The Labute approximate surface area is 89.9 Å². The molecule has 0 fully saturated rings. The molecule has 0 bridgehead atoms. The van der Waals surface area contributed by atoms with Gasteiger partial charge in [0.1, 0.15) is 0 Å². The summed E-state index contributed by atoms with van der Waals surface area (Å²) in [5, 5.41) is 9.06. The van der Waals surface area contributed by atoms with Gasteiger partial charge in [-0.15, -0.1) is 0 Å². The summed E-state index contributed by atoms with van der Waals surface area (Å²) in [6, 6.07) is 5.76. The molecule has 0 aliphatic rings. The first-order valence-electron chi connectivity index (χ1n) is 5.06. The molecule has 3 N–H and O–H groups in total. The maximum atomic E-state index is 11.0. The number of nitrogens with two attached hydrogens (primary N) is 1. The van der Waals surface area contributed by atoms with E-state index in [0.29, 0.717) is 13.0 Å². The van der Waals surface area contributed by atoms with Gasteiger partial charge in [-0.05, 0) is 43.5 Å². The Kier molecular flexibility index (Phi) is 3.86. The SMILES string of the molecule is Cc1ccc([C@@H](CCN)C(=O)O)cc1C. The molecule has 1 aromatic rings. The van der Waals surface area contributed by atoms with Gasteiger partial charge < -0.3 is 10.8 Å². The first kappa shape index (κ1) is 11.7. The summed E-state index contributed by atoms with van der Waals surface area (Å²) in [6.07, 6.45) is 0.484. The van der Waals surface area contributed by atoms with E-state index in [1.54, 1.807) is 0 Å². The van der Waals surface area contributed by atoms with Crippen molar-refractivity contribution in [1.82, 2.24) is 0 Å². The van der Waals surface area contributed by atoms with Gasteiger partial charge in [0, 0.05) is 0 Å². The van der Waals surface area contributed by atoms with Crippen molar-refractivity contribution in [2.45, 2.75) is 26.2 Å². The predicted octanol–water partition coefficient (Wildman–Crippen LogP) is 1.82. The molecule has 3 heteroatoms. The monoisotopic (exact) mass is 207 g/mol. The summed E-state index contributed by atoms with van der Waals surface area (Å²) in [6.45, 7) is 4.39. The third-order valence-electron chi connectivity index (χ3n) is 2.69. The van der Waals surface area contributed by atoms with E-state index in [2.05, 4.69) is 0 Å². The van der Waals surface area contributed by atoms with E-state index < -0.39 is 11.9 Å². The number of hydrogen-bond acceptors (Lipinski definition) is 2. The molecule has 0 spiro atoms. The van der Waals surface area contributed by atoms with Gasteiger partial charge >= 0.3 is 5.97 Å². The Morgan fingerprint density at radius 1 is 1.40 bits per heavy atom. The third-order valence-corrected chi connectivity index (χ3v) is 2.69. The zero-order valence-corrected chi connectivity index (χ0v) is 9.16. The Hall–Kier alpha value is -1.35. The standard InChI is InChI=1S/C12H17NO2/c1-8-3-4-10(7-9(8)2)11(5-6-13)12(14)15/h3-4,7,11H,5-6,13H2,1-2H3,(H,14,15)/t11-/m1/s1. The van der Waals surface area contributed by atoms with Crippen LogP contribution in [0.1, 0.15) is 29.0 Å². The second kappa shape index (κ2) is 4.94. The van der Waals surface area contributed by atoms with Crippen LogP contribution < -0.4 is 5.73 Å². The molecular formula is C12H17NO2. The minimum absolute atomic E-state index is 0.393. The molecular weight excluding hydrogens is 190 g/mol. The lowest BCUT2D eigenvalue weighted by molar-refractivity contribution is -0.138. The van der Waals surface area contributed by atoms with Crippen LogP contribution in [0.15, 0.2) is 18.2 Å². The highest BCUT2D eigenvalue weighted by Crippen LogP contribution is 2.21.